The fourth-order valence-electron chi connectivity index (χ4n) is 3.26. The summed E-state index contributed by atoms with van der Waals surface area (Å²) >= 11 is 0. The standard InChI is InChI=1S/C19H26N4O/c1-21-16-18(15-20-21)19(24)23-12-6-11-22(13-14-23)10-5-9-17-7-3-2-4-8-17/h2-4,7-8,15-16H,5-6,9-14H2,1H3. The second-order valence-corrected chi connectivity index (χ2v) is 6.48. The van der Waals surface area contributed by atoms with Gasteiger partial charge in [0, 0.05) is 32.9 Å². The summed E-state index contributed by atoms with van der Waals surface area (Å²) in [6.45, 7) is 4.78. The molecule has 0 radical (unpaired) electrons. The average molecular weight is 326 g/mol. The van der Waals surface area contributed by atoms with Crippen LogP contribution in [-0.2, 0) is 13.5 Å². The lowest BCUT2D eigenvalue weighted by molar-refractivity contribution is 0.0761. The number of hydrogen-bond donors (Lipinski definition) is 0. The molecule has 128 valence electrons. The fourth-order valence-corrected chi connectivity index (χ4v) is 3.26. The summed E-state index contributed by atoms with van der Waals surface area (Å²) in [5.74, 6) is 0.106. The number of carbonyl (C=O) groups is 1. The molecule has 1 amide bonds. The Morgan fingerprint density at radius 1 is 1.12 bits per heavy atom. The van der Waals surface area contributed by atoms with Crippen molar-refractivity contribution >= 4 is 5.91 Å². The molecular formula is C19H26N4O. The minimum Gasteiger partial charge on any atom is -0.337 e. The van der Waals surface area contributed by atoms with Gasteiger partial charge in [0.1, 0.15) is 0 Å². The fraction of sp³-hybridized carbons (Fsp3) is 0.474. The van der Waals surface area contributed by atoms with Gasteiger partial charge in [-0.1, -0.05) is 30.3 Å². The number of nitrogens with zero attached hydrogens (tertiary/aromatic N) is 4. The number of amides is 1. The lowest BCUT2D eigenvalue weighted by Gasteiger charge is -2.21. The van der Waals surface area contributed by atoms with Gasteiger partial charge in [0.15, 0.2) is 0 Å². The topological polar surface area (TPSA) is 41.4 Å². The summed E-state index contributed by atoms with van der Waals surface area (Å²) in [6.07, 6.45) is 6.78. The summed E-state index contributed by atoms with van der Waals surface area (Å²) in [4.78, 5) is 17.0. The molecule has 5 heteroatoms. The number of aryl methyl sites for hydroxylation is 2. The summed E-state index contributed by atoms with van der Waals surface area (Å²) in [6, 6.07) is 10.6. The van der Waals surface area contributed by atoms with Crippen molar-refractivity contribution in [3.63, 3.8) is 0 Å². The van der Waals surface area contributed by atoms with Gasteiger partial charge in [-0.05, 0) is 37.9 Å². The molecule has 5 nitrogen and oxygen atoms in total. The normalized spacial score (nSPS) is 16.1. The van der Waals surface area contributed by atoms with Crippen molar-refractivity contribution in [2.45, 2.75) is 19.3 Å². The molecule has 2 heterocycles. The number of carbonyl (C=O) groups excluding carboxylic acids is 1. The molecule has 0 unspecified atom stereocenters. The highest BCUT2D eigenvalue weighted by atomic mass is 16.2. The Hall–Kier alpha value is -2.14. The third-order valence-electron chi connectivity index (χ3n) is 4.61. The van der Waals surface area contributed by atoms with Crippen LogP contribution in [0.1, 0.15) is 28.8 Å². The monoisotopic (exact) mass is 326 g/mol. The van der Waals surface area contributed by atoms with Gasteiger partial charge >= 0.3 is 0 Å². The second kappa shape index (κ2) is 8.11. The van der Waals surface area contributed by atoms with E-state index in [0.29, 0.717) is 5.56 Å². The number of benzene rings is 1. The SMILES string of the molecule is Cn1cc(C(=O)N2CCCN(CCCc3ccccc3)CC2)cn1. The molecule has 2 aromatic rings. The highest BCUT2D eigenvalue weighted by Crippen LogP contribution is 2.10. The Balaban J connectivity index is 1.45. The van der Waals surface area contributed by atoms with E-state index < -0.39 is 0 Å². The first-order chi connectivity index (χ1) is 11.7. The Morgan fingerprint density at radius 3 is 2.71 bits per heavy atom. The van der Waals surface area contributed by atoms with Gasteiger partial charge in [-0.2, -0.15) is 5.10 Å². The number of hydrogen-bond acceptors (Lipinski definition) is 3. The van der Waals surface area contributed by atoms with Gasteiger partial charge < -0.3 is 9.80 Å². The molecule has 1 saturated heterocycles. The highest BCUT2D eigenvalue weighted by Gasteiger charge is 2.20. The van der Waals surface area contributed by atoms with Crippen LogP contribution in [-0.4, -0.2) is 58.2 Å². The maximum Gasteiger partial charge on any atom is 0.257 e. The predicted molar refractivity (Wildman–Crippen MR) is 94.9 cm³/mol. The van der Waals surface area contributed by atoms with E-state index in [1.807, 2.05) is 11.9 Å². The summed E-state index contributed by atoms with van der Waals surface area (Å²) < 4.78 is 1.68. The van der Waals surface area contributed by atoms with E-state index in [9.17, 15) is 4.79 Å². The minimum absolute atomic E-state index is 0.106. The molecule has 3 rings (SSSR count). The molecule has 1 aromatic carbocycles. The maximum atomic E-state index is 12.5. The molecule has 0 aliphatic carbocycles. The molecule has 0 spiro atoms. The smallest absolute Gasteiger partial charge is 0.257 e. The van der Waals surface area contributed by atoms with Crippen LogP contribution in [0, 0.1) is 0 Å². The average Bonchev–Trinajstić information content (AvgIpc) is 2.90. The van der Waals surface area contributed by atoms with Crippen molar-refractivity contribution in [1.29, 1.82) is 0 Å². The van der Waals surface area contributed by atoms with Crippen molar-refractivity contribution in [3.8, 4) is 0 Å². The van der Waals surface area contributed by atoms with Crippen LogP contribution >= 0.6 is 0 Å². The largest absolute Gasteiger partial charge is 0.337 e. The molecule has 1 aromatic heterocycles. The minimum atomic E-state index is 0.106. The summed E-state index contributed by atoms with van der Waals surface area (Å²) in [5, 5.41) is 4.10. The first-order valence-corrected chi connectivity index (χ1v) is 8.76. The Labute approximate surface area is 143 Å². The Bertz CT molecular complexity index is 652. The zero-order valence-electron chi connectivity index (χ0n) is 14.4. The third-order valence-corrected chi connectivity index (χ3v) is 4.61. The van der Waals surface area contributed by atoms with E-state index in [1.54, 1.807) is 17.1 Å². The van der Waals surface area contributed by atoms with Gasteiger partial charge in [0.25, 0.3) is 5.91 Å². The van der Waals surface area contributed by atoms with Crippen molar-refractivity contribution in [2.75, 3.05) is 32.7 Å². The maximum absolute atomic E-state index is 12.5. The van der Waals surface area contributed by atoms with Crippen LogP contribution in [0.25, 0.3) is 0 Å². The van der Waals surface area contributed by atoms with E-state index in [2.05, 4.69) is 40.3 Å². The molecule has 0 N–H and O–H groups in total. The van der Waals surface area contributed by atoms with Crippen LogP contribution in [0.2, 0.25) is 0 Å². The van der Waals surface area contributed by atoms with Gasteiger partial charge in [0.05, 0.1) is 11.8 Å². The van der Waals surface area contributed by atoms with Gasteiger partial charge in [-0.25, -0.2) is 0 Å². The van der Waals surface area contributed by atoms with E-state index in [1.165, 1.54) is 12.0 Å². The van der Waals surface area contributed by atoms with E-state index >= 15 is 0 Å². The molecule has 0 bridgehead atoms. The molecular weight excluding hydrogens is 300 g/mol. The molecule has 0 atom stereocenters. The summed E-state index contributed by atoms with van der Waals surface area (Å²) in [7, 11) is 1.84. The van der Waals surface area contributed by atoms with Crippen LogP contribution in [0.4, 0.5) is 0 Å². The number of rotatable bonds is 5. The quantitative estimate of drug-likeness (QED) is 0.846. The van der Waals surface area contributed by atoms with E-state index in [0.717, 1.165) is 45.6 Å². The Morgan fingerprint density at radius 2 is 1.96 bits per heavy atom. The van der Waals surface area contributed by atoms with Crippen molar-refractivity contribution in [2.24, 2.45) is 7.05 Å². The molecule has 0 saturated carbocycles. The summed E-state index contributed by atoms with van der Waals surface area (Å²) in [5.41, 5.74) is 2.09. The third kappa shape index (κ3) is 4.45. The van der Waals surface area contributed by atoms with E-state index in [4.69, 9.17) is 0 Å². The van der Waals surface area contributed by atoms with Crippen LogP contribution < -0.4 is 0 Å². The van der Waals surface area contributed by atoms with Crippen molar-refractivity contribution < 1.29 is 4.79 Å². The van der Waals surface area contributed by atoms with Crippen LogP contribution in [0.3, 0.4) is 0 Å². The van der Waals surface area contributed by atoms with Gasteiger partial charge in [0.2, 0.25) is 0 Å². The second-order valence-electron chi connectivity index (χ2n) is 6.48. The van der Waals surface area contributed by atoms with Crippen LogP contribution in [0.5, 0.6) is 0 Å². The molecule has 1 aliphatic rings. The Kier molecular flexibility index (Phi) is 5.64. The lowest BCUT2D eigenvalue weighted by atomic mass is 10.1. The van der Waals surface area contributed by atoms with Crippen LogP contribution in [0.15, 0.2) is 42.7 Å². The zero-order valence-corrected chi connectivity index (χ0v) is 14.4. The van der Waals surface area contributed by atoms with Gasteiger partial charge in [-0.3, -0.25) is 9.48 Å². The zero-order chi connectivity index (χ0) is 16.8. The lowest BCUT2D eigenvalue weighted by Crippen LogP contribution is -2.35. The molecule has 1 fully saturated rings. The van der Waals surface area contributed by atoms with Crippen molar-refractivity contribution in [3.05, 3.63) is 53.9 Å². The van der Waals surface area contributed by atoms with Crippen molar-refractivity contribution in [1.82, 2.24) is 19.6 Å². The predicted octanol–water partition coefficient (Wildman–Crippen LogP) is 2.20. The number of aromatic nitrogens is 2. The molecule has 24 heavy (non-hydrogen) atoms. The first kappa shape index (κ1) is 16.7. The molecule has 1 aliphatic heterocycles. The van der Waals surface area contributed by atoms with E-state index in [-0.39, 0.29) is 5.91 Å². The first-order valence-electron chi connectivity index (χ1n) is 8.76. The highest BCUT2D eigenvalue weighted by molar-refractivity contribution is 5.93. The van der Waals surface area contributed by atoms with Gasteiger partial charge in [-0.15, -0.1) is 0 Å².